The topological polar surface area (TPSA) is 320 Å². The van der Waals surface area contributed by atoms with Gasteiger partial charge in [0.25, 0.3) is 5.91 Å². The summed E-state index contributed by atoms with van der Waals surface area (Å²) in [4.78, 5) is 187. The third kappa shape index (κ3) is 24.5. The van der Waals surface area contributed by atoms with Gasteiger partial charge in [-0.15, -0.1) is 0 Å². The van der Waals surface area contributed by atoms with Crippen LogP contribution in [0.2, 0.25) is 0 Å². The fourth-order valence-corrected chi connectivity index (χ4v) is 13.7. The second-order valence-electron chi connectivity index (χ2n) is 31.4. The molecule has 2 saturated heterocycles. The van der Waals surface area contributed by atoms with Crippen LogP contribution in [0, 0.1) is 41.4 Å². The molecule has 0 spiro atoms. The molecule has 588 valence electrons. The molecular formula is C78H127N13O14. The van der Waals surface area contributed by atoms with Gasteiger partial charge in [0, 0.05) is 81.1 Å². The van der Waals surface area contributed by atoms with E-state index in [0.29, 0.717) is 31.9 Å². The molecule has 0 aliphatic carbocycles. The molecule has 0 unspecified atom stereocenters. The number of ether oxygens (including phenoxy) is 1. The highest BCUT2D eigenvalue weighted by atomic mass is 16.5. The Bertz CT molecular complexity index is 3350. The van der Waals surface area contributed by atoms with Gasteiger partial charge in [0.1, 0.15) is 60.4 Å². The first-order valence-corrected chi connectivity index (χ1v) is 37.6. The lowest BCUT2D eigenvalue weighted by Gasteiger charge is -2.41. The van der Waals surface area contributed by atoms with Crippen molar-refractivity contribution in [2.24, 2.45) is 41.4 Å². The Labute approximate surface area is 624 Å². The molecule has 27 nitrogen and oxygen atoms in total. The van der Waals surface area contributed by atoms with Crippen LogP contribution in [0.5, 0.6) is 0 Å². The van der Waals surface area contributed by atoms with Crippen molar-refractivity contribution >= 4 is 87.7 Å². The van der Waals surface area contributed by atoms with Crippen molar-refractivity contribution < 1.29 is 67.4 Å². The maximum atomic E-state index is 15.6. The van der Waals surface area contributed by atoms with Gasteiger partial charge in [-0.25, -0.2) is 0 Å². The Morgan fingerprint density at radius 1 is 0.533 bits per heavy atom. The van der Waals surface area contributed by atoms with E-state index in [1.165, 1.54) is 87.7 Å². The molecule has 0 aromatic heterocycles. The Kier molecular flexibility index (Phi) is 35.0. The fourth-order valence-electron chi connectivity index (χ4n) is 13.7. The Balaban J connectivity index is 1.88. The summed E-state index contributed by atoms with van der Waals surface area (Å²) in [5, 5.41) is 28.4. The van der Waals surface area contributed by atoms with E-state index < -0.39 is 156 Å². The molecule has 2 aliphatic heterocycles. The molecule has 12 atom stereocenters. The van der Waals surface area contributed by atoms with Crippen molar-refractivity contribution in [1.29, 1.82) is 0 Å². The van der Waals surface area contributed by atoms with Crippen molar-refractivity contribution in [3.05, 3.63) is 53.6 Å². The minimum Gasteiger partial charge on any atom is -0.390 e. The Morgan fingerprint density at radius 3 is 1.55 bits per heavy atom. The third-order valence-electron chi connectivity index (χ3n) is 20.2. The van der Waals surface area contributed by atoms with E-state index in [-0.39, 0.29) is 68.1 Å². The number of likely N-dealkylation sites (N-methyl/N-ethyl adjacent to an activating group) is 7. The van der Waals surface area contributed by atoms with E-state index in [9.17, 15) is 43.5 Å². The summed E-state index contributed by atoms with van der Waals surface area (Å²) in [7, 11) is 9.88. The van der Waals surface area contributed by atoms with Crippen molar-refractivity contribution in [1.82, 2.24) is 65.8 Å². The smallest absolute Gasteiger partial charge is 0.251 e. The number of rotatable bonds is 20. The lowest BCUT2D eigenvalue weighted by Crippen LogP contribution is -2.63. The van der Waals surface area contributed by atoms with E-state index >= 15 is 19.2 Å². The lowest BCUT2D eigenvalue weighted by molar-refractivity contribution is -0.157. The van der Waals surface area contributed by atoms with Crippen LogP contribution in [0.1, 0.15) is 165 Å². The molecule has 0 saturated carbocycles. The number of morpholine rings is 1. The van der Waals surface area contributed by atoms with Crippen molar-refractivity contribution in [2.75, 3.05) is 95.3 Å². The Morgan fingerprint density at radius 2 is 1.02 bits per heavy atom. The summed E-state index contributed by atoms with van der Waals surface area (Å²) < 4.78 is 5.47. The minimum atomic E-state index is -1.73. The lowest BCUT2D eigenvalue weighted by atomic mass is 9.91. The molecule has 2 aromatic rings. The average molecular weight is 1470 g/mol. The SMILES string of the molecule is CC[C@@H]1NC(=O)[C@H]([C@H](O)[C@H](C)CC=Cc2ccc(C(=O)NCCN3CCOCC3)c3ccccc23)N(C)C(=O)[C@H](C(C)C)N(C)C(=O)[C@H](CC(C)C)N(C)C(=O)[C@H](CC(C)C)N(C)C(=O)[C@@H](C)NC(=O)[C@H](C)NC(=O)[C@H](CC(C)C)N(C)C(=O)[C@H](C(C)C)NC(=O)[C@H](CC(C)C)N(C)C(=O)CN(C)C1=O. The average Bonchev–Trinajstić information content (AvgIpc) is 0.795. The van der Waals surface area contributed by atoms with Crippen molar-refractivity contribution in [2.45, 2.75) is 216 Å². The first kappa shape index (κ1) is 89.4. The zero-order valence-corrected chi connectivity index (χ0v) is 67.0. The van der Waals surface area contributed by atoms with E-state index in [4.69, 9.17) is 4.74 Å². The number of nitrogens with one attached hydrogen (secondary N) is 5. The molecule has 4 rings (SSSR count). The molecule has 6 N–H and O–H groups in total. The molecule has 105 heavy (non-hydrogen) atoms. The summed E-state index contributed by atoms with van der Waals surface area (Å²) >= 11 is 0. The maximum absolute atomic E-state index is 15.6. The summed E-state index contributed by atoms with van der Waals surface area (Å²) in [5.74, 6) is -10.6. The number of aliphatic hydroxyl groups is 1. The van der Waals surface area contributed by atoms with Crippen molar-refractivity contribution in [3.8, 4) is 0 Å². The molecule has 2 aromatic carbocycles. The van der Waals surface area contributed by atoms with E-state index in [2.05, 4.69) is 31.5 Å². The largest absolute Gasteiger partial charge is 0.390 e. The molecule has 0 radical (unpaired) electrons. The van der Waals surface area contributed by atoms with Gasteiger partial charge in [0.05, 0.1) is 25.9 Å². The second-order valence-corrected chi connectivity index (χ2v) is 31.4. The van der Waals surface area contributed by atoms with Gasteiger partial charge in [-0.1, -0.05) is 139 Å². The molecule has 0 bridgehead atoms. The van der Waals surface area contributed by atoms with Crippen LogP contribution in [0.15, 0.2) is 42.5 Å². The van der Waals surface area contributed by atoms with E-state index in [0.717, 1.165) is 39.2 Å². The second kappa shape index (κ2) is 41.2. The zero-order valence-electron chi connectivity index (χ0n) is 67.0. The predicted octanol–water partition coefficient (Wildman–Crippen LogP) is 4.62. The predicted molar refractivity (Wildman–Crippen MR) is 406 cm³/mol. The number of fused-ring (bicyclic) bond motifs is 1. The molecule has 2 aliphatic rings. The molecule has 2 fully saturated rings. The standard InChI is InChI=1S/C78H127N13O14/c1-24-58-74(100)84(17)44-63(92)85(18)59(40-45(2)3)71(97)83-64(49(10)11)77(103)86(19)60(41-46(4)5)70(96)80-52(15)68(94)81-53(16)73(99)87(20)61(42-47(6)7)75(101)88(21)62(43-48(8)9)76(102)89(22)65(50(12)13)78(104)90(23)66(72(98)82-58)67(93)51(14)28-27-29-54-32-33-57(56-31-26-25-30-55(54)56)69(95)79-34-35-91-36-38-105-39-37-91/h25-27,29-33,45-53,58-62,64-67,93H,24,28,34-44H2,1-23H3,(H,79,95)(H,80,96)(H,81,94)(H,82,98)(H,83,97)/t51-,52+,53-,58+,59+,60+,61+,62+,64+,65+,66+,67-/m1/s1. The molecule has 27 heteroatoms. The van der Waals surface area contributed by atoms with Gasteiger partial charge < -0.3 is 70.7 Å². The molecular weight excluding hydrogens is 1340 g/mol. The first-order valence-electron chi connectivity index (χ1n) is 37.6. The maximum Gasteiger partial charge on any atom is 0.251 e. The van der Waals surface area contributed by atoms with Gasteiger partial charge >= 0.3 is 0 Å². The number of carbonyl (C=O) groups excluding carboxylic acids is 12. The molecule has 12 amide bonds. The monoisotopic (exact) mass is 1470 g/mol. The van der Waals surface area contributed by atoms with Gasteiger partial charge in [-0.2, -0.15) is 0 Å². The van der Waals surface area contributed by atoms with E-state index in [1.54, 1.807) is 47.6 Å². The van der Waals surface area contributed by atoms with Crippen molar-refractivity contribution in [3.63, 3.8) is 0 Å². The van der Waals surface area contributed by atoms with Crippen LogP contribution in [-0.4, -0.2) is 277 Å². The number of allylic oxidation sites excluding steroid dienone is 1. The zero-order chi connectivity index (χ0) is 79.3. The normalized spacial score (nSPS) is 25.0. The number of carbonyl (C=O) groups is 12. The number of benzene rings is 2. The van der Waals surface area contributed by atoms with Gasteiger partial charge in [0.15, 0.2) is 0 Å². The number of amides is 12. The van der Waals surface area contributed by atoms with E-state index in [1.807, 2.05) is 97.9 Å². The number of nitrogens with zero attached hydrogens (tertiary/aromatic N) is 8. The van der Waals surface area contributed by atoms with Crippen LogP contribution >= 0.6 is 0 Å². The highest BCUT2D eigenvalue weighted by Gasteiger charge is 2.46. The number of hydrogen-bond acceptors (Lipinski definition) is 15. The summed E-state index contributed by atoms with van der Waals surface area (Å²) in [5.41, 5.74) is 1.27. The van der Waals surface area contributed by atoms with Gasteiger partial charge in [0.2, 0.25) is 65.0 Å². The van der Waals surface area contributed by atoms with Gasteiger partial charge in [-0.05, 0) is 116 Å². The van der Waals surface area contributed by atoms with Crippen LogP contribution in [-0.2, 0) is 57.5 Å². The highest BCUT2D eigenvalue weighted by Crippen LogP contribution is 2.29. The highest BCUT2D eigenvalue weighted by molar-refractivity contribution is 6.09. The van der Waals surface area contributed by atoms with Crippen LogP contribution in [0.4, 0.5) is 0 Å². The van der Waals surface area contributed by atoms with Crippen LogP contribution in [0.25, 0.3) is 16.8 Å². The summed E-state index contributed by atoms with van der Waals surface area (Å²) in [6.07, 6.45) is 2.68. The third-order valence-corrected chi connectivity index (χ3v) is 20.2. The Hall–Kier alpha value is -8.04. The number of hydrogen-bond donors (Lipinski definition) is 6. The first-order chi connectivity index (χ1) is 49.1. The number of aliphatic hydroxyl groups excluding tert-OH is 1. The van der Waals surface area contributed by atoms with Crippen LogP contribution in [0.3, 0.4) is 0 Å². The molecule has 2 heterocycles. The van der Waals surface area contributed by atoms with Gasteiger partial charge in [-0.3, -0.25) is 62.4 Å². The summed E-state index contributed by atoms with van der Waals surface area (Å²) in [6.45, 7) is 31.4. The quantitative estimate of drug-likeness (QED) is 0.105. The minimum absolute atomic E-state index is 0.0257. The summed E-state index contributed by atoms with van der Waals surface area (Å²) in [6, 6.07) is -1.70. The van der Waals surface area contributed by atoms with Crippen LogP contribution < -0.4 is 26.6 Å². The fraction of sp³-hybridized carbons (Fsp3) is 0.692.